The van der Waals surface area contributed by atoms with Crippen LogP contribution >= 0.6 is 0 Å². The predicted molar refractivity (Wildman–Crippen MR) is 220 cm³/mol. The molecule has 0 saturated heterocycles. The van der Waals surface area contributed by atoms with Crippen LogP contribution in [0.2, 0.25) is 0 Å². The third kappa shape index (κ3) is 4.53. The number of nitrogens with zero attached hydrogens (tertiary/aromatic N) is 2. The fraction of sp³-hybridized carbons (Fsp3) is 0.0204. The second-order valence-electron chi connectivity index (χ2n) is 13.3. The first kappa shape index (κ1) is 30.0. The molecule has 3 heteroatoms. The Morgan fingerprint density at radius 1 is 0.596 bits per heavy atom. The van der Waals surface area contributed by atoms with Gasteiger partial charge in [0.1, 0.15) is 11.2 Å². The molecule has 0 radical (unpaired) electrons. The molecule has 246 valence electrons. The number of aromatic nitrogens is 1. The fourth-order valence-electron chi connectivity index (χ4n) is 8.09. The topological polar surface area (TPSA) is 21.3 Å². The maximum atomic E-state index is 6.75. The Hall–Kier alpha value is -6.84. The third-order valence-electron chi connectivity index (χ3n) is 10.4. The second kappa shape index (κ2) is 11.9. The summed E-state index contributed by atoms with van der Waals surface area (Å²) in [5.74, 6) is 0. The first-order valence-corrected chi connectivity index (χ1v) is 17.7. The molecule has 0 fully saturated rings. The number of para-hydroxylation sites is 4. The lowest BCUT2D eigenvalue weighted by Crippen LogP contribution is -2.14. The number of fused-ring (bicyclic) bond motifs is 12. The summed E-state index contributed by atoms with van der Waals surface area (Å²) in [6.07, 6.45) is 8.11. The quantitative estimate of drug-likeness (QED) is 0.165. The van der Waals surface area contributed by atoms with E-state index in [9.17, 15) is 0 Å². The predicted octanol–water partition coefficient (Wildman–Crippen LogP) is 13.8. The molecule has 0 unspecified atom stereocenters. The summed E-state index contributed by atoms with van der Waals surface area (Å²) in [6.45, 7) is 6.43. The smallest absolute Gasteiger partial charge is 0.143 e. The van der Waals surface area contributed by atoms with Crippen molar-refractivity contribution >= 4 is 55.1 Å². The SMILES string of the molecule is C=C(/C=C\C=C/C)N(c1ccccc1)c1ccc(-c2ccc3c(c2)-c2ccc4c(oc5ccccc54)c2-c2cccc4c5ccccc5n-3c24)cc1. The second-order valence-corrected chi connectivity index (χ2v) is 13.3. The van der Waals surface area contributed by atoms with Gasteiger partial charge in [0.2, 0.25) is 0 Å². The van der Waals surface area contributed by atoms with Crippen molar-refractivity contribution in [1.29, 1.82) is 0 Å². The van der Waals surface area contributed by atoms with Crippen molar-refractivity contribution in [3.8, 4) is 39.1 Å². The van der Waals surface area contributed by atoms with Gasteiger partial charge in [0.25, 0.3) is 0 Å². The van der Waals surface area contributed by atoms with E-state index in [0.29, 0.717) is 0 Å². The first-order valence-electron chi connectivity index (χ1n) is 17.7. The molecule has 0 amide bonds. The Balaban J connectivity index is 1.18. The molecule has 1 aliphatic heterocycles. The molecule has 0 aliphatic carbocycles. The molecule has 1 aliphatic rings. The third-order valence-corrected chi connectivity index (χ3v) is 10.4. The number of anilines is 2. The van der Waals surface area contributed by atoms with Crippen LogP contribution in [0.5, 0.6) is 0 Å². The lowest BCUT2D eigenvalue weighted by Gasteiger charge is -2.25. The molecule has 0 spiro atoms. The van der Waals surface area contributed by atoms with E-state index in [0.717, 1.165) is 61.4 Å². The standard InChI is InChI=1S/C49H34N2O/c1-3-4-6-14-32(2)50(35-15-7-5-8-16-35)36-26-23-33(24-27-36)34-25-30-45-43(31-34)39-28-29-41-38-18-10-12-22-46(38)52-49(41)47(39)42-20-13-19-40-37-17-9-11-21-44(37)51(45)48(40)42/h3-31H,2H2,1H3/b4-3-,14-6-. The highest BCUT2D eigenvalue weighted by Gasteiger charge is 2.28. The van der Waals surface area contributed by atoms with Gasteiger partial charge in [-0.05, 0) is 84.3 Å². The highest BCUT2D eigenvalue weighted by molar-refractivity contribution is 6.21. The van der Waals surface area contributed by atoms with Crippen LogP contribution in [0.15, 0.2) is 193 Å². The van der Waals surface area contributed by atoms with Gasteiger partial charge in [0.15, 0.2) is 0 Å². The number of hydrogen-bond donors (Lipinski definition) is 0. The lowest BCUT2D eigenvalue weighted by atomic mass is 9.90. The fourth-order valence-corrected chi connectivity index (χ4v) is 8.09. The molecule has 2 aromatic heterocycles. The zero-order chi connectivity index (χ0) is 34.8. The molecule has 0 atom stereocenters. The minimum Gasteiger partial charge on any atom is -0.455 e. The monoisotopic (exact) mass is 666 g/mol. The van der Waals surface area contributed by atoms with Gasteiger partial charge in [0, 0.05) is 55.3 Å². The molecule has 3 nitrogen and oxygen atoms in total. The van der Waals surface area contributed by atoms with E-state index in [1.54, 1.807) is 0 Å². The average molecular weight is 667 g/mol. The zero-order valence-corrected chi connectivity index (χ0v) is 28.8. The molecule has 52 heavy (non-hydrogen) atoms. The Bertz CT molecular complexity index is 2920. The molecule has 9 aromatic rings. The number of rotatable bonds is 6. The van der Waals surface area contributed by atoms with Gasteiger partial charge in [-0.1, -0.05) is 122 Å². The largest absolute Gasteiger partial charge is 0.455 e. The van der Waals surface area contributed by atoms with Gasteiger partial charge in [0.05, 0.1) is 16.7 Å². The van der Waals surface area contributed by atoms with E-state index in [1.807, 2.05) is 43.4 Å². The summed E-state index contributed by atoms with van der Waals surface area (Å²) in [4.78, 5) is 2.19. The Labute approximate surface area is 302 Å². The Morgan fingerprint density at radius 3 is 2.17 bits per heavy atom. The summed E-state index contributed by atoms with van der Waals surface area (Å²) < 4.78 is 9.21. The van der Waals surface area contributed by atoms with Crippen LogP contribution < -0.4 is 4.90 Å². The van der Waals surface area contributed by atoms with E-state index >= 15 is 0 Å². The number of allylic oxidation sites excluding steroid dienone is 4. The highest BCUT2D eigenvalue weighted by Crippen LogP contribution is 2.51. The number of benzene rings is 7. The molecule has 3 heterocycles. The average Bonchev–Trinajstić information content (AvgIpc) is 3.70. The van der Waals surface area contributed by atoms with Crippen molar-refractivity contribution in [3.63, 3.8) is 0 Å². The van der Waals surface area contributed by atoms with Crippen molar-refractivity contribution in [1.82, 2.24) is 4.57 Å². The lowest BCUT2D eigenvalue weighted by molar-refractivity contribution is 0.670. The van der Waals surface area contributed by atoms with Gasteiger partial charge in [-0.2, -0.15) is 0 Å². The summed E-state index contributed by atoms with van der Waals surface area (Å²) >= 11 is 0. The normalized spacial score (nSPS) is 12.2. The summed E-state index contributed by atoms with van der Waals surface area (Å²) in [7, 11) is 0. The molecule has 0 N–H and O–H groups in total. The summed E-state index contributed by atoms with van der Waals surface area (Å²) in [6, 6.07) is 54.5. The van der Waals surface area contributed by atoms with Gasteiger partial charge in [-0.25, -0.2) is 0 Å². The van der Waals surface area contributed by atoms with Gasteiger partial charge in [-0.15, -0.1) is 0 Å². The molecule has 7 aromatic carbocycles. The van der Waals surface area contributed by atoms with Crippen molar-refractivity contribution in [2.24, 2.45) is 0 Å². The minimum atomic E-state index is 0.889. The number of hydrogen-bond acceptors (Lipinski definition) is 2. The molecule has 0 saturated carbocycles. The van der Waals surface area contributed by atoms with Gasteiger partial charge in [-0.3, -0.25) is 0 Å². The Morgan fingerprint density at radius 2 is 1.33 bits per heavy atom. The maximum absolute atomic E-state index is 6.75. The first-order chi connectivity index (χ1) is 25.7. The van der Waals surface area contributed by atoms with Crippen molar-refractivity contribution in [2.75, 3.05) is 4.90 Å². The maximum Gasteiger partial charge on any atom is 0.143 e. The van der Waals surface area contributed by atoms with Crippen molar-refractivity contribution < 1.29 is 4.42 Å². The molecular formula is C49H34N2O. The van der Waals surface area contributed by atoms with Crippen LogP contribution in [0.25, 0.3) is 82.8 Å². The van der Waals surface area contributed by atoms with E-state index in [-0.39, 0.29) is 0 Å². The van der Waals surface area contributed by atoms with Crippen LogP contribution in [0, 0.1) is 0 Å². The van der Waals surface area contributed by atoms with E-state index in [1.165, 1.54) is 38.5 Å². The van der Waals surface area contributed by atoms with Crippen LogP contribution in [0.4, 0.5) is 11.4 Å². The van der Waals surface area contributed by atoms with Crippen molar-refractivity contribution in [3.05, 3.63) is 188 Å². The molecule has 0 bridgehead atoms. The van der Waals surface area contributed by atoms with Crippen molar-refractivity contribution in [2.45, 2.75) is 6.92 Å². The van der Waals surface area contributed by atoms with Crippen LogP contribution in [-0.2, 0) is 0 Å². The van der Waals surface area contributed by atoms with Crippen LogP contribution in [0.1, 0.15) is 6.92 Å². The van der Waals surface area contributed by atoms with Crippen LogP contribution in [0.3, 0.4) is 0 Å². The highest BCUT2D eigenvalue weighted by atomic mass is 16.3. The number of furan rings is 1. The zero-order valence-electron chi connectivity index (χ0n) is 28.8. The summed E-state index contributed by atoms with van der Waals surface area (Å²) in [5.41, 5.74) is 15.3. The summed E-state index contributed by atoms with van der Waals surface area (Å²) in [5, 5.41) is 4.75. The van der Waals surface area contributed by atoms with Gasteiger partial charge >= 0.3 is 0 Å². The molecule has 10 rings (SSSR count). The van der Waals surface area contributed by atoms with E-state index < -0.39 is 0 Å². The van der Waals surface area contributed by atoms with Crippen LogP contribution in [-0.4, -0.2) is 4.57 Å². The Kier molecular flexibility index (Phi) is 6.87. The molecular weight excluding hydrogens is 633 g/mol. The van der Waals surface area contributed by atoms with Gasteiger partial charge < -0.3 is 13.9 Å². The van der Waals surface area contributed by atoms with E-state index in [4.69, 9.17) is 4.42 Å². The minimum absolute atomic E-state index is 0.889. The van der Waals surface area contributed by atoms with E-state index in [2.05, 4.69) is 156 Å².